The van der Waals surface area contributed by atoms with Crippen LogP contribution in [-0.2, 0) is 18.4 Å². The highest BCUT2D eigenvalue weighted by Crippen LogP contribution is 2.43. The second-order valence-corrected chi connectivity index (χ2v) is 13.5. The van der Waals surface area contributed by atoms with Crippen molar-refractivity contribution in [2.45, 2.75) is 154 Å². The van der Waals surface area contributed by atoms with E-state index in [0.29, 0.717) is 6.42 Å². The van der Waals surface area contributed by atoms with Crippen LogP contribution in [0.5, 0.6) is 0 Å². The van der Waals surface area contributed by atoms with Crippen LogP contribution >= 0.6 is 7.82 Å². The summed E-state index contributed by atoms with van der Waals surface area (Å²) < 4.78 is 22.0. The molecule has 0 aromatic rings. The minimum Gasteiger partial charge on any atom is -0.387 e. The van der Waals surface area contributed by atoms with Gasteiger partial charge >= 0.3 is 7.82 Å². The van der Waals surface area contributed by atoms with Gasteiger partial charge in [0.1, 0.15) is 0 Å². The number of carbonyl (C=O) groups is 1. The van der Waals surface area contributed by atoms with Gasteiger partial charge in [-0.1, -0.05) is 126 Å². The van der Waals surface area contributed by atoms with Gasteiger partial charge in [-0.25, -0.2) is 4.57 Å². The molecule has 0 aromatic heterocycles. The quantitative estimate of drug-likeness (QED) is 0.0308. The fourth-order valence-corrected chi connectivity index (χ4v) is 5.49. The first-order chi connectivity index (χ1) is 22.9. The third-order valence-electron chi connectivity index (χ3n) is 7.52. The van der Waals surface area contributed by atoms with Crippen molar-refractivity contribution in [3.05, 3.63) is 60.8 Å². The van der Waals surface area contributed by atoms with Gasteiger partial charge in [0.2, 0.25) is 5.91 Å². The summed E-state index contributed by atoms with van der Waals surface area (Å²) in [4.78, 5) is 22.5. The highest BCUT2D eigenvalue weighted by Gasteiger charge is 2.26. The lowest BCUT2D eigenvalue weighted by atomic mass is 10.1. The standard InChI is InChI=1S/C38H69N2O6P/c1-3-5-7-9-11-13-15-16-17-18-19-20-22-24-26-28-30-32-38(42)40-36(35-46-47(43,44)45-34-33-39)37(41)31-29-27-25-23-21-14-12-10-8-6-4-2/h8,10-11,13,16-17,21,23,29,31,36-37,41H,3-7,9,12,14-15,18-20,22,24-28,30,32-35,39H2,1-2H3,(H,40,42)(H,43,44)/b10-8+,13-11-,17-16-,23-21+,31-29+. The SMILES string of the molecule is CCC/C=C/CC/C=C/CC/C=C/C(O)C(COP(=O)(O)OCCN)NC(=O)CCCCCCCCC/C=C\C/C=C\CCCCC. The zero-order chi connectivity index (χ0) is 34.7. The highest BCUT2D eigenvalue weighted by atomic mass is 31.2. The first-order valence-corrected chi connectivity index (χ1v) is 19.9. The van der Waals surface area contributed by atoms with Gasteiger partial charge in [0.25, 0.3) is 0 Å². The number of amides is 1. The second-order valence-electron chi connectivity index (χ2n) is 12.1. The van der Waals surface area contributed by atoms with Crippen LogP contribution in [0.15, 0.2) is 60.8 Å². The predicted molar refractivity (Wildman–Crippen MR) is 198 cm³/mol. The molecule has 8 nitrogen and oxygen atoms in total. The lowest BCUT2D eigenvalue weighted by Gasteiger charge is -2.23. The Kier molecular flexibility index (Phi) is 32.8. The minimum atomic E-state index is -4.35. The molecule has 3 unspecified atom stereocenters. The molecule has 272 valence electrons. The van der Waals surface area contributed by atoms with Crippen molar-refractivity contribution in [2.75, 3.05) is 19.8 Å². The smallest absolute Gasteiger partial charge is 0.387 e. The fraction of sp³-hybridized carbons (Fsp3) is 0.711. The van der Waals surface area contributed by atoms with E-state index in [-0.39, 0.29) is 25.7 Å². The average molecular weight is 681 g/mol. The summed E-state index contributed by atoms with van der Waals surface area (Å²) in [6, 6.07) is -0.887. The third-order valence-corrected chi connectivity index (χ3v) is 8.51. The number of unbranched alkanes of at least 4 members (excludes halogenated alkanes) is 13. The molecule has 0 fully saturated rings. The number of carbonyl (C=O) groups excluding carboxylic acids is 1. The van der Waals surface area contributed by atoms with Crippen LogP contribution in [0, 0.1) is 0 Å². The van der Waals surface area contributed by atoms with E-state index in [1.807, 2.05) is 6.08 Å². The zero-order valence-electron chi connectivity index (χ0n) is 29.7. The van der Waals surface area contributed by atoms with Crippen molar-refractivity contribution in [3.63, 3.8) is 0 Å². The van der Waals surface area contributed by atoms with Crippen molar-refractivity contribution >= 4 is 13.7 Å². The lowest BCUT2D eigenvalue weighted by Crippen LogP contribution is -2.45. The minimum absolute atomic E-state index is 0.0676. The van der Waals surface area contributed by atoms with Gasteiger partial charge in [0, 0.05) is 13.0 Å². The number of rotatable bonds is 33. The molecule has 0 radical (unpaired) electrons. The third kappa shape index (κ3) is 32.5. The Hall–Kier alpha value is -1.80. The predicted octanol–water partition coefficient (Wildman–Crippen LogP) is 9.55. The van der Waals surface area contributed by atoms with Gasteiger partial charge in [0.05, 0.1) is 25.4 Å². The Balaban J connectivity index is 4.37. The van der Waals surface area contributed by atoms with Crippen molar-refractivity contribution in [1.82, 2.24) is 5.32 Å². The largest absolute Gasteiger partial charge is 0.472 e. The molecule has 0 saturated heterocycles. The normalized spacial score (nSPS) is 15.1. The summed E-state index contributed by atoms with van der Waals surface area (Å²) in [5.74, 6) is -0.222. The summed E-state index contributed by atoms with van der Waals surface area (Å²) in [7, 11) is -4.35. The molecule has 1 amide bonds. The average Bonchev–Trinajstić information content (AvgIpc) is 3.05. The van der Waals surface area contributed by atoms with Crippen molar-refractivity contribution in [2.24, 2.45) is 5.73 Å². The van der Waals surface area contributed by atoms with E-state index in [4.69, 9.17) is 14.8 Å². The van der Waals surface area contributed by atoms with E-state index in [9.17, 15) is 19.4 Å². The Morgan fingerprint density at radius 2 is 1.23 bits per heavy atom. The van der Waals surface area contributed by atoms with Gasteiger partial charge in [-0.15, -0.1) is 0 Å². The highest BCUT2D eigenvalue weighted by molar-refractivity contribution is 7.47. The van der Waals surface area contributed by atoms with Crippen LogP contribution in [0.4, 0.5) is 0 Å². The molecule has 0 heterocycles. The summed E-state index contributed by atoms with van der Waals surface area (Å²) in [5, 5.41) is 13.5. The number of phosphoric ester groups is 1. The van der Waals surface area contributed by atoms with Gasteiger partial charge in [-0.3, -0.25) is 13.8 Å². The monoisotopic (exact) mass is 680 g/mol. The summed E-state index contributed by atoms with van der Waals surface area (Å²) in [6.07, 6.45) is 41.2. The maximum absolute atomic E-state index is 12.7. The maximum Gasteiger partial charge on any atom is 0.472 e. The molecule has 0 aliphatic rings. The molecule has 3 atom stereocenters. The summed E-state index contributed by atoms with van der Waals surface area (Å²) in [6.45, 7) is 3.96. The van der Waals surface area contributed by atoms with Crippen molar-refractivity contribution in [3.8, 4) is 0 Å². The zero-order valence-corrected chi connectivity index (χ0v) is 30.6. The molecule has 5 N–H and O–H groups in total. The van der Waals surface area contributed by atoms with Crippen LogP contribution in [0.25, 0.3) is 0 Å². The number of hydrogen-bond acceptors (Lipinski definition) is 6. The Morgan fingerprint density at radius 1 is 0.702 bits per heavy atom. The van der Waals surface area contributed by atoms with E-state index in [2.05, 4.69) is 67.8 Å². The summed E-state index contributed by atoms with van der Waals surface area (Å²) >= 11 is 0. The van der Waals surface area contributed by atoms with Crippen LogP contribution in [-0.4, -0.2) is 47.8 Å². The first-order valence-electron chi connectivity index (χ1n) is 18.4. The number of aliphatic hydroxyl groups excluding tert-OH is 1. The van der Waals surface area contributed by atoms with Crippen LogP contribution < -0.4 is 11.1 Å². The Bertz CT molecular complexity index is 918. The molecule has 0 aliphatic heterocycles. The van der Waals surface area contributed by atoms with E-state index in [1.165, 1.54) is 51.4 Å². The molecular formula is C38H69N2O6P. The molecule has 0 aromatic carbocycles. The number of nitrogens with two attached hydrogens (primary N) is 1. The van der Waals surface area contributed by atoms with Gasteiger partial charge in [-0.05, 0) is 70.6 Å². The van der Waals surface area contributed by atoms with Crippen molar-refractivity contribution in [1.29, 1.82) is 0 Å². The van der Waals surface area contributed by atoms with E-state index in [0.717, 1.165) is 70.6 Å². The van der Waals surface area contributed by atoms with Crippen molar-refractivity contribution < 1.29 is 28.4 Å². The fourth-order valence-electron chi connectivity index (χ4n) is 4.73. The van der Waals surface area contributed by atoms with Crippen LogP contribution in [0.1, 0.15) is 142 Å². The molecule has 0 saturated carbocycles. The first kappa shape index (κ1) is 45.2. The van der Waals surface area contributed by atoms with Gasteiger partial charge in [0.15, 0.2) is 0 Å². The lowest BCUT2D eigenvalue weighted by molar-refractivity contribution is -0.123. The Morgan fingerprint density at radius 3 is 1.83 bits per heavy atom. The van der Waals surface area contributed by atoms with Crippen LogP contribution in [0.2, 0.25) is 0 Å². The molecule has 47 heavy (non-hydrogen) atoms. The second kappa shape index (κ2) is 34.1. The summed E-state index contributed by atoms with van der Waals surface area (Å²) in [5.41, 5.74) is 5.34. The Labute approximate surface area is 287 Å². The number of aliphatic hydroxyl groups is 1. The molecule has 9 heteroatoms. The molecule has 0 bridgehead atoms. The number of phosphoric acid groups is 1. The van der Waals surface area contributed by atoms with E-state index >= 15 is 0 Å². The molecule has 0 aliphatic carbocycles. The van der Waals surface area contributed by atoms with E-state index in [1.54, 1.807) is 6.08 Å². The topological polar surface area (TPSA) is 131 Å². The molecule has 0 spiro atoms. The molecule has 0 rings (SSSR count). The maximum atomic E-state index is 12.7. The number of allylic oxidation sites excluding steroid dienone is 9. The van der Waals surface area contributed by atoms with Crippen LogP contribution in [0.3, 0.4) is 0 Å². The molecular weight excluding hydrogens is 611 g/mol. The number of nitrogens with one attached hydrogen (secondary N) is 1. The van der Waals surface area contributed by atoms with E-state index < -0.39 is 20.0 Å². The number of hydrogen-bond donors (Lipinski definition) is 4. The van der Waals surface area contributed by atoms with Gasteiger partial charge < -0.3 is 21.1 Å². The van der Waals surface area contributed by atoms with Gasteiger partial charge in [-0.2, -0.15) is 0 Å².